The fourth-order valence-corrected chi connectivity index (χ4v) is 4.61. The van der Waals surface area contributed by atoms with Crippen LogP contribution in [0.3, 0.4) is 0 Å². The lowest BCUT2D eigenvalue weighted by atomic mass is 10.0. The highest BCUT2D eigenvalue weighted by Gasteiger charge is 2.15. The summed E-state index contributed by atoms with van der Waals surface area (Å²) in [4.78, 5) is 69.8. The molecule has 3 aromatic carbocycles. The third-order valence-corrected chi connectivity index (χ3v) is 7.59. The Morgan fingerprint density at radius 2 is 1.18 bits per heavy atom. The number of carbonyl (C=O) groups is 6. The number of alkyl halides is 1. The lowest BCUT2D eigenvalue weighted by Gasteiger charge is -2.08. The molecule has 4 N–H and O–H groups in total. The Bertz CT molecular complexity index is 2110. The van der Waals surface area contributed by atoms with E-state index in [1.165, 1.54) is 48.1 Å². The maximum absolute atomic E-state index is 12.4. The average Bonchev–Trinajstić information content (AvgIpc) is 3.88. The van der Waals surface area contributed by atoms with Crippen molar-refractivity contribution in [1.82, 2.24) is 30.0 Å². The van der Waals surface area contributed by atoms with Crippen molar-refractivity contribution in [3.63, 3.8) is 0 Å². The number of nitrogens with two attached hydrogens (primary N) is 1. The quantitative estimate of drug-likeness (QED) is 0.0764. The van der Waals surface area contributed by atoms with E-state index in [4.69, 9.17) is 12.2 Å². The smallest absolute Gasteiger partial charge is 0.335 e. The number of para-hydroxylation sites is 2. The zero-order valence-electron chi connectivity index (χ0n) is 30.9. The molecule has 2 aromatic heterocycles. The van der Waals surface area contributed by atoms with Crippen LogP contribution < -0.4 is 11.1 Å². The van der Waals surface area contributed by atoms with Gasteiger partial charge in [0.2, 0.25) is 0 Å². The summed E-state index contributed by atoms with van der Waals surface area (Å²) in [6, 6.07) is 20.3. The third-order valence-electron chi connectivity index (χ3n) is 7.59. The molecule has 5 rings (SSSR count). The molecule has 18 heteroatoms. The Kier molecular flexibility index (Phi) is 17.7. The molecule has 5 aromatic rings. The number of carboxylic acids is 1. The highest BCUT2D eigenvalue weighted by molar-refractivity contribution is 6.05. The molecule has 0 atom stereocenters. The zero-order valence-corrected chi connectivity index (χ0v) is 29.9. The lowest BCUT2D eigenvalue weighted by molar-refractivity contribution is -0.142. The van der Waals surface area contributed by atoms with E-state index in [0.717, 1.165) is 11.1 Å². The summed E-state index contributed by atoms with van der Waals surface area (Å²) in [5.74, 6) is -2.60. The van der Waals surface area contributed by atoms with Gasteiger partial charge in [0, 0.05) is 18.4 Å². The number of nitrogen functional groups attached to an aromatic ring is 1. The van der Waals surface area contributed by atoms with E-state index in [2.05, 4.69) is 35.4 Å². The number of carboxylic acid groups (broad SMARTS) is 1. The maximum atomic E-state index is 12.4. The Labute approximate surface area is 323 Å². The molecule has 0 saturated heterocycles. The predicted molar refractivity (Wildman–Crippen MR) is 202 cm³/mol. The van der Waals surface area contributed by atoms with E-state index in [0.29, 0.717) is 29.8 Å². The molecule has 17 nitrogen and oxygen atoms in total. The fourth-order valence-electron chi connectivity index (χ4n) is 4.61. The number of halogens is 1. The first-order valence-corrected chi connectivity index (χ1v) is 16.3. The Morgan fingerprint density at radius 3 is 1.59 bits per heavy atom. The van der Waals surface area contributed by atoms with Crippen molar-refractivity contribution in [2.24, 2.45) is 0 Å². The van der Waals surface area contributed by atoms with E-state index in [1.54, 1.807) is 60.7 Å². The topological polar surface area (TPSA) is 241 Å². The second-order valence-electron chi connectivity index (χ2n) is 11.3. The summed E-state index contributed by atoms with van der Waals surface area (Å²) < 4.78 is 27.0. The van der Waals surface area contributed by atoms with E-state index >= 15 is 0 Å². The number of hydrogen-bond donors (Lipinski definition) is 3. The van der Waals surface area contributed by atoms with Gasteiger partial charge in [0.1, 0.15) is 24.5 Å². The molecule has 1 amide bonds. The number of ketones is 2. The number of hydrogen-bond acceptors (Lipinski definition) is 13. The molecule has 0 spiro atoms. The van der Waals surface area contributed by atoms with Crippen molar-refractivity contribution >= 4 is 46.8 Å². The first-order valence-electron chi connectivity index (χ1n) is 17.0. The van der Waals surface area contributed by atoms with Gasteiger partial charge in [-0.3, -0.25) is 28.4 Å². The lowest BCUT2D eigenvalue weighted by Crippen LogP contribution is -2.13. The molecule has 0 saturated carbocycles. The first kappa shape index (κ1) is 43.3. The van der Waals surface area contributed by atoms with Crippen LogP contribution in [0, 0.1) is 0 Å². The van der Waals surface area contributed by atoms with Crippen molar-refractivity contribution in [2.75, 3.05) is 32.4 Å². The molecule has 296 valence electrons. The molecular weight excluding hydrogens is 731 g/mol. The Hall–Kier alpha value is -7.11. The van der Waals surface area contributed by atoms with Gasteiger partial charge in [0.25, 0.3) is 5.91 Å². The minimum absolute atomic E-state index is 0. The van der Waals surface area contributed by atoms with Gasteiger partial charge < -0.3 is 25.6 Å². The third kappa shape index (κ3) is 14.0. The number of carbonyl (C=O) groups excluding carboxylic acids is 5. The molecule has 0 aliphatic carbocycles. The minimum Gasteiger partial charge on any atom is -0.478 e. The number of aryl methyl sites for hydroxylation is 2. The number of benzene rings is 3. The van der Waals surface area contributed by atoms with Crippen LogP contribution in [0.25, 0.3) is 0 Å². The van der Waals surface area contributed by atoms with Gasteiger partial charge in [-0.2, -0.15) is 0 Å². The van der Waals surface area contributed by atoms with Gasteiger partial charge in [0.05, 0.1) is 52.1 Å². The molecule has 2 heterocycles. The van der Waals surface area contributed by atoms with E-state index in [1.807, 2.05) is 0 Å². The molecule has 0 unspecified atom stereocenters. The fraction of sp³-hybridized carbons (Fsp3) is 0.263. The largest absolute Gasteiger partial charge is 0.478 e. The normalized spacial score (nSPS) is 10.2. The number of rotatable bonds is 15. The van der Waals surface area contributed by atoms with Crippen molar-refractivity contribution in [3.05, 3.63) is 119 Å². The number of methoxy groups -OCH3 is 2. The van der Waals surface area contributed by atoms with Crippen molar-refractivity contribution < 1.29 is 49.1 Å². The van der Waals surface area contributed by atoms with Crippen LogP contribution in [-0.4, -0.2) is 91.8 Å². The number of aromatic carboxylic acids is 1. The monoisotopic (exact) mass is 775 g/mol. The summed E-state index contributed by atoms with van der Waals surface area (Å²) >= 11 is 0. The predicted octanol–water partition coefficient (Wildman–Crippen LogP) is 4.29. The van der Waals surface area contributed by atoms with E-state index < -0.39 is 25.1 Å². The summed E-state index contributed by atoms with van der Waals surface area (Å²) in [7, 11) is 1.54. The number of amides is 1. The van der Waals surface area contributed by atoms with Gasteiger partial charge in [-0.25, -0.2) is 14.2 Å². The van der Waals surface area contributed by atoms with Crippen LogP contribution in [0.2, 0.25) is 0 Å². The number of aromatic nitrogens is 6. The number of nitrogens with zero attached hydrogens (tertiary/aromatic N) is 6. The highest BCUT2D eigenvalue weighted by Crippen LogP contribution is 2.18. The number of esters is 2. The summed E-state index contributed by atoms with van der Waals surface area (Å²) in [6.45, 7) is -0.206. The number of nitrogens with one attached hydrogen (secondary N) is 1. The molecule has 0 bridgehead atoms. The molecule has 0 fully saturated rings. The zero-order chi connectivity index (χ0) is 41.0. The number of ether oxygens (including phenoxy) is 2. The van der Waals surface area contributed by atoms with E-state index in [9.17, 15) is 33.2 Å². The Morgan fingerprint density at radius 1 is 0.750 bits per heavy atom. The highest BCUT2D eigenvalue weighted by atomic mass is 19.1. The van der Waals surface area contributed by atoms with Gasteiger partial charge in [0.15, 0.2) is 11.6 Å². The standard InChI is InChI=1S/C21H21N5O4.C15H15N3O5.CH3F.CH4/c1-30-20(28)13-26-12-18(24-25-26)19(27)11-8-14-6-9-15(10-7-14)21(29)23-17-5-3-2-4-16(17)22;1-23-14(20)9-18-8-12(16-17-18)13(19)7-4-10-2-5-11(6-3-10)15(21)22;1-2;/h2-7,9-10,12H,8,11,13,22H2,1H3,(H,23,29);2-3,5-6,8H,4,7,9H2,1H3,(H,21,22);1H3;1H4/i;;1D;. The second-order valence-corrected chi connectivity index (χ2v) is 11.3. The van der Waals surface area contributed by atoms with Crippen LogP contribution in [0.15, 0.2) is 85.2 Å². The van der Waals surface area contributed by atoms with Crippen molar-refractivity contribution in [2.45, 2.75) is 46.2 Å². The second kappa shape index (κ2) is 22.8. The summed E-state index contributed by atoms with van der Waals surface area (Å²) in [5.41, 5.74) is 9.69. The number of anilines is 2. The van der Waals surface area contributed by atoms with Crippen LogP contribution in [0.1, 0.15) is 74.5 Å². The molecule has 56 heavy (non-hydrogen) atoms. The SMILES string of the molecule is C.COC(=O)Cn1cc(C(=O)CCc2ccc(C(=O)Nc3ccccc3N)cc2)nn1.COC(=O)Cn1cc(C(=O)CCc2ccc(C(=O)O)cc2)nn1.[2H]CF. The maximum Gasteiger partial charge on any atom is 0.335 e. The van der Waals surface area contributed by atoms with Crippen molar-refractivity contribution in [1.29, 1.82) is 0 Å². The van der Waals surface area contributed by atoms with Crippen molar-refractivity contribution in [3.8, 4) is 0 Å². The van der Waals surface area contributed by atoms with Gasteiger partial charge in [-0.1, -0.05) is 54.3 Å². The molecular formula is C38H43FN8O9. The van der Waals surface area contributed by atoms with Crippen LogP contribution in [0.5, 0.6) is 0 Å². The van der Waals surface area contributed by atoms with Crippen LogP contribution >= 0.6 is 0 Å². The molecule has 0 aliphatic heterocycles. The van der Waals surface area contributed by atoms with Gasteiger partial charge >= 0.3 is 17.9 Å². The van der Waals surface area contributed by atoms with E-state index in [-0.39, 0.29) is 67.8 Å². The summed E-state index contributed by atoms with van der Waals surface area (Å²) in [5, 5.41) is 26.5. The summed E-state index contributed by atoms with van der Waals surface area (Å²) in [6.07, 6.45) is 4.19. The van der Waals surface area contributed by atoms with Gasteiger partial charge in [-0.15, -0.1) is 10.2 Å². The molecule has 0 radical (unpaired) electrons. The molecule has 0 aliphatic rings. The Balaban J connectivity index is 0.000000373. The minimum atomic E-state index is -1.00. The first-order chi connectivity index (χ1) is 26.9. The average molecular weight is 776 g/mol. The number of Topliss-reactive ketones (excluding diaryl/α,β-unsaturated/α-hetero) is 2. The van der Waals surface area contributed by atoms with Gasteiger partial charge in [-0.05, 0) is 60.4 Å². The van der Waals surface area contributed by atoms with Crippen LogP contribution in [0.4, 0.5) is 15.8 Å². The van der Waals surface area contributed by atoms with Crippen LogP contribution in [-0.2, 0) is 45.0 Å².